The van der Waals surface area contributed by atoms with Crippen LogP contribution < -0.4 is 4.74 Å². The van der Waals surface area contributed by atoms with Crippen LogP contribution >= 0.6 is 28.1 Å². The van der Waals surface area contributed by atoms with Gasteiger partial charge in [0.25, 0.3) is 0 Å². The standard InChI is InChI=1S/C11H8BrFO2S/c1-6-2-8-9(3-10(6)16-13)15-5-7(4-12)11(8)14/h2-4H,5H2,1H3/b7-4-. The van der Waals surface area contributed by atoms with Crippen molar-refractivity contribution in [3.63, 3.8) is 0 Å². The average Bonchev–Trinajstić information content (AvgIpc) is 2.30. The highest BCUT2D eigenvalue weighted by Gasteiger charge is 2.24. The van der Waals surface area contributed by atoms with E-state index in [0.29, 0.717) is 21.8 Å². The lowest BCUT2D eigenvalue weighted by Crippen LogP contribution is -2.19. The number of hydrogen-bond donors (Lipinski definition) is 0. The van der Waals surface area contributed by atoms with Crippen LogP contribution in [0.15, 0.2) is 27.6 Å². The van der Waals surface area contributed by atoms with Gasteiger partial charge in [0.15, 0.2) is 5.78 Å². The molecular weight excluding hydrogens is 295 g/mol. The molecule has 0 saturated carbocycles. The maximum atomic E-state index is 12.6. The number of rotatable bonds is 1. The smallest absolute Gasteiger partial charge is 0.196 e. The van der Waals surface area contributed by atoms with Gasteiger partial charge >= 0.3 is 0 Å². The van der Waals surface area contributed by atoms with Gasteiger partial charge in [-0.25, -0.2) is 0 Å². The van der Waals surface area contributed by atoms with E-state index in [-0.39, 0.29) is 24.5 Å². The monoisotopic (exact) mass is 302 g/mol. The predicted molar refractivity (Wildman–Crippen MR) is 65.0 cm³/mol. The zero-order valence-electron chi connectivity index (χ0n) is 8.42. The third-order valence-corrected chi connectivity index (χ3v) is 3.57. The summed E-state index contributed by atoms with van der Waals surface area (Å²) in [7, 11) is 0. The molecule has 0 aromatic heterocycles. The topological polar surface area (TPSA) is 26.3 Å². The summed E-state index contributed by atoms with van der Waals surface area (Å²) in [4.78, 5) is 14.0. The van der Waals surface area contributed by atoms with Gasteiger partial charge in [-0.05, 0) is 29.6 Å². The zero-order valence-corrected chi connectivity index (χ0v) is 10.8. The van der Waals surface area contributed by atoms with Gasteiger partial charge in [-0.3, -0.25) is 4.79 Å². The van der Waals surface area contributed by atoms with E-state index in [1.54, 1.807) is 24.0 Å². The maximum Gasteiger partial charge on any atom is 0.196 e. The molecule has 1 aromatic rings. The normalized spacial score (nSPS) is 17.2. The number of halogens is 2. The lowest BCUT2D eigenvalue weighted by Gasteiger charge is -2.19. The lowest BCUT2D eigenvalue weighted by molar-refractivity contribution is 0.0999. The van der Waals surface area contributed by atoms with E-state index in [4.69, 9.17) is 4.74 Å². The Hall–Kier alpha value is -0.810. The number of carbonyl (C=O) groups excluding carboxylic acids is 1. The molecule has 1 aliphatic rings. The molecule has 2 nitrogen and oxygen atoms in total. The first-order valence-corrected chi connectivity index (χ1v) is 6.20. The Morgan fingerprint density at radius 2 is 2.31 bits per heavy atom. The lowest BCUT2D eigenvalue weighted by atomic mass is 10.00. The van der Waals surface area contributed by atoms with Gasteiger partial charge in [0, 0.05) is 10.5 Å². The van der Waals surface area contributed by atoms with E-state index in [9.17, 15) is 8.68 Å². The molecule has 0 bridgehead atoms. The number of ketones is 1. The summed E-state index contributed by atoms with van der Waals surface area (Å²) in [6.45, 7) is 1.98. The van der Waals surface area contributed by atoms with Gasteiger partial charge in [-0.1, -0.05) is 15.9 Å². The van der Waals surface area contributed by atoms with Crippen LogP contribution in [0.1, 0.15) is 15.9 Å². The molecule has 0 N–H and O–H groups in total. The number of ether oxygens (including phenoxy) is 1. The molecule has 84 valence electrons. The van der Waals surface area contributed by atoms with Crippen molar-refractivity contribution in [1.29, 1.82) is 0 Å². The summed E-state index contributed by atoms with van der Waals surface area (Å²) in [6.07, 6.45) is 0. The van der Waals surface area contributed by atoms with Crippen LogP contribution in [-0.2, 0) is 0 Å². The van der Waals surface area contributed by atoms with Crippen LogP contribution in [0.2, 0.25) is 0 Å². The third kappa shape index (κ3) is 1.89. The summed E-state index contributed by atoms with van der Waals surface area (Å²) >= 11 is 3.28. The molecule has 0 aliphatic carbocycles. The molecule has 0 atom stereocenters. The summed E-state index contributed by atoms with van der Waals surface area (Å²) in [5.41, 5.74) is 1.79. The van der Waals surface area contributed by atoms with Crippen molar-refractivity contribution in [2.24, 2.45) is 0 Å². The molecule has 0 spiro atoms. The molecular formula is C11H8BrFO2S. The number of aryl methyl sites for hydroxylation is 1. The van der Waals surface area contributed by atoms with E-state index < -0.39 is 0 Å². The third-order valence-electron chi connectivity index (χ3n) is 2.41. The maximum absolute atomic E-state index is 12.6. The molecule has 5 heteroatoms. The minimum Gasteiger partial charge on any atom is -0.488 e. The molecule has 0 fully saturated rings. The predicted octanol–water partition coefficient (Wildman–Crippen LogP) is 3.83. The Kier molecular flexibility index (Phi) is 3.35. The number of carbonyl (C=O) groups is 1. The van der Waals surface area contributed by atoms with Crippen LogP contribution in [0.3, 0.4) is 0 Å². The minimum atomic E-state index is -0.0726. The van der Waals surface area contributed by atoms with Gasteiger partial charge in [0.1, 0.15) is 12.4 Å². The second-order valence-electron chi connectivity index (χ2n) is 3.44. The van der Waals surface area contributed by atoms with Crippen molar-refractivity contribution in [2.45, 2.75) is 11.8 Å². The average molecular weight is 303 g/mol. The fourth-order valence-corrected chi connectivity index (χ4v) is 2.20. The molecule has 2 rings (SSSR count). The molecule has 16 heavy (non-hydrogen) atoms. The highest BCUT2D eigenvalue weighted by atomic mass is 79.9. The van der Waals surface area contributed by atoms with Crippen LogP contribution in [0, 0.1) is 6.92 Å². The largest absolute Gasteiger partial charge is 0.488 e. The Morgan fingerprint density at radius 3 is 2.94 bits per heavy atom. The van der Waals surface area contributed by atoms with E-state index >= 15 is 0 Å². The summed E-state index contributed by atoms with van der Waals surface area (Å²) in [6, 6.07) is 3.23. The molecule has 1 aromatic carbocycles. The van der Waals surface area contributed by atoms with Crippen molar-refractivity contribution in [1.82, 2.24) is 0 Å². The minimum absolute atomic E-state index is 0.0726. The molecule has 0 radical (unpaired) electrons. The van der Waals surface area contributed by atoms with Crippen molar-refractivity contribution >= 4 is 33.9 Å². The second kappa shape index (κ2) is 4.59. The van der Waals surface area contributed by atoms with Crippen molar-refractivity contribution in [3.8, 4) is 5.75 Å². The quantitative estimate of drug-likeness (QED) is 0.738. The fraction of sp³-hybridized carbons (Fsp3) is 0.182. The SMILES string of the molecule is Cc1cc2c(cc1SF)OC/C(=C/Br)C2=O. The number of Topliss-reactive ketones (excluding diaryl/α,β-unsaturated/α-hetero) is 1. The van der Waals surface area contributed by atoms with Gasteiger partial charge in [-0.2, -0.15) is 3.89 Å². The first-order valence-electron chi connectivity index (χ1n) is 4.57. The van der Waals surface area contributed by atoms with Crippen LogP contribution in [-0.4, -0.2) is 12.4 Å². The first kappa shape index (κ1) is 11.7. The molecule has 0 saturated heterocycles. The van der Waals surface area contributed by atoms with E-state index in [2.05, 4.69) is 15.9 Å². The Morgan fingerprint density at radius 1 is 1.56 bits per heavy atom. The van der Waals surface area contributed by atoms with Gasteiger partial charge in [0.05, 0.1) is 17.7 Å². The van der Waals surface area contributed by atoms with Crippen LogP contribution in [0.5, 0.6) is 5.75 Å². The number of fused-ring (bicyclic) bond motifs is 1. The van der Waals surface area contributed by atoms with Gasteiger partial charge in [0.2, 0.25) is 0 Å². The summed E-state index contributed by atoms with van der Waals surface area (Å²) < 4.78 is 17.9. The summed E-state index contributed by atoms with van der Waals surface area (Å²) in [5.74, 6) is 0.380. The second-order valence-corrected chi connectivity index (χ2v) is 4.50. The van der Waals surface area contributed by atoms with E-state index in [0.717, 1.165) is 5.56 Å². The Labute approximate surface area is 105 Å². The zero-order chi connectivity index (χ0) is 11.7. The van der Waals surface area contributed by atoms with E-state index in [1.165, 1.54) is 0 Å². The number of hydrogen-bond acceptors (Lipinski definition) is 3. The highest BCUT2D eigenvalue weighted by molar-refractivity contribution is 9.11. The van der Waals surface area contributed by atoms with Crippen LogP contribution in [0.25, 0.3) is 0 Å². The van der Waals surface area contributed by atoms with Gasteiger partial charge < -0.3 is 4.74 Å². The van der Waals surface area contributed by atoms with Crippen LogP contribution in [0.4, 0.5) is 3.89 Å². The summed E-state index contributed by atoms with van der Waals surface area (Å²) in [5, 5.41) is 0. The Bertz CT molecular complexity index is 485. The fourth-order valence-electron chi connectivity index (χ4n) is 1.52. The van der Waals surface area contributed by atoms with Crippen molar-refractivity contribution < 1.29 is 13.4 Å². The van der Waals surface area contributed by atoms with Crippen molar-refractivity contribution in [3.05, 3.63) is 33.8 Å². The molecule has 1 aliphatic heterocycles. The highest BCUT2D eigenvalue weighted by Crippen LogP contribution is 2.34. The first-order chi connectivity index (χ1) is 7.67. The molecule has 0 unspecified atom stereocenters. The van der Waals surface area contributed by atoms with Crippen molar-refractivity contribution in [2.75, 3.05) is 6.61 Å². The van der Waals surface area contributed by atoms with Gasteiger partial charge in [-0.15, -0.1) is 0 Å². The molecule has 1 heterocycles. The number of benzene rings is 1. The Balaban J connectivity index is 2.54. The molecule has 0 amide bonds. The van der Waals surface area contributed by atoms with E-state index in [1.807, 2.05) is 0 Å².